The second kappa shape index (κ2) is 6.20. The molecule has 7 heteroatoms. The lowest BCUT2D eigenvalue weighted by molar-refractivity contribution is 0.102. The average Bonchev–Trinajstić information content (AvgIpc) is 2.44. The number of rotatable bonds is 3. The molecule has 0 aliphatic rings. The number of hydrogen-bond acceptors (Lipinski definition) is 4. The van der Waals surface area contributed by atoms with E-state index in [0.29, 0.717) is 11.3 Å². The molecule has 0 saturated heterocycles. The summed E-state index contributed by atoms with van der Waals surface area (Å²) < 4.78 is 0. The Morgan fingerprint density at radius 3 is 2.48 bits per heavy atom. The quantitative estimate of drug-likeness (QED) is 0.850. The van der Waals surface area contributed by atoms with Crippen molar-refractivity contribution in [1.29, 1.82) is 0 Å². The van der Waals surface area contributed by atoms with Gasteiger partial charge in [0.05, 0.1) is 33.3 Å². The van der Waals surface area contributed by atoms with Crippen LogP contribution in [-0.4, -0.2) is 25.0 Å². The number of hydrogen-bond donors (Lipinski definition) is 2. The lowest BCUT2D eigenvalue weighted by Gasteiger charge is -2.17. The Kier molecular flexibility index (Phi) is 4.55. The van der Waals surface area contributed by atoms with Crippen molar-refractivity contribution >= 4 is 46.2 Å². The molecule has 21 heavy (non-hydrogen) atoms. The molecule has 2 rings (SSSR count). The molecule has 0 radical (unpaired) electrons. The van der Waals surface area contributed by atoms with Gasteiger partial charge in [0.1, 0.15) is 0 Å². The van der Waals surface area contributed by atoms with Gasteiger partial charge >= 0.3 is 0 Å². The number of nitrogens with zero attached hydrogens (tertiary/aromatic N) is 2. The Morgan fingerprint density at radius 2 is 1.90 bits per heavy atom. The van der Waals surface area contributed by atoms with E-state index in [1.165, 1.54) is 12.1 Å². The number of nitrogens with two attached hydrogens (primary N) is 1. The fourth-order valence-electron chi connectivity index (χ4n) is 1.78. The van der Waals surface area contributed by atoms with Crippen LogP contribution >= 0.6 is 23.2 Å². The third-order valence-electron chi connectivity index (χ3n) is 2.87. The van der Waals surface area contributed by atoms with Crippen LogP contribution in [-0.2, 0) is 0 Å². The molecule has 0 bridgehead atoms. The van der Waals surface area contributed by atoms with Crippen LogP contribution in [0.5, 0.6) is 0 Å². The Morgan fingerprint density at radius 1 is 1.29 bits per heavy atom. The van der Waals surface area contributed by atoms with Gasteiger partial charge in [-0.1, -0.05) is 23.2 Å². The molecule has 0 aliphatic carbocycles. The van der Waals surface area contributed by atoms with E-state index < -0.39 is 0 Å². The van der Waals surface area contributed by atoms with Crippen LogP contribution in [0.4, 0.5) is 17.1 Å². The average molecular weight is 325 g/mol. The molecule has 1 aromatic heterocycles. The molecule has 110 valence electrons. The molecule has 3 N–H and O–H groups in total. The smallest absolute Gasteiger partial charge is 0.255 e. The van der Waals surface area contributed by atoms with Gasteiger partial charge < -0.3 is 16.0 Å². The van der Waals surface area contributed by atoms with Gasteiger partial charge in [0, 0.05) is 25.9 Å². The lowest BCUT2D eigenvalue weighted by atomic mass is 10.2. The fraction of sp³-hybridized carbons (Fsp3) is 0.143. The molecular formula is C14H14Cl2N4O. The molecule has 5 nitrogen and oxygen atoms in total. The van der Waals surface area contributed by atoms with Gasteiger partial charge in [-0.2, -0.15) is 0 Å². The van der Waals surface area contributed by atoms with Gasteiger partial charge in [0.15, 0.2) is 0 Å². The largest absolute Gasteiger partial charge is 0.396 e. The number of aromatic nitrogens is 1. The topological polar surface area (TPSA) is 71.2 Å². The molecule has 0 spiro atoms. The zero-order chi connectivity index (χ0) is 15.6. The number of carbonyl (C=O) groups excluding carboxylic acids is 1. The molecule has 1 amide bonds. The van der Waals surface area contributed by atoms with Crippen LogP contribution in [0.3, 0.4) is 0 Å². The Hall–Kier alpha value is -1.98. The normalized spacial score (nSPS) is 10.3. The van der Waals surface area contributed by atoms with E-state index in [-0.39, 0.29) is 21.6 Å². The summed E-state index contributed by atoms with van der Waals surface area (Å²) in [5, 5.41) is 3.27. The first-order valence-electron chi connectivity index (χ1n) is 6.07. The maximum atomic E-state index is 12.3. The SMILES string of the molecule is CN(C)c1ccncc1NC(=O)c1cc(Cl)c(N)c(Cl)c1. The first-order valence-corrected chi connectivity index (χ1v) is 6.83. The van der Waals surface area contributed by atoms with E-state index in [0.717, 1.165) is 5.69 Å². The Bertz CT molecular complexity index is 665. The third-order valence-corrected chi connectivity index (χ3v) is 3.49. The molecule has 1 heterocycles. The van der Waals surface area contributed by atoms with Crippen LogP contribution in [0.1, 0.15) is 10.4 Å². The molecular weight excluding hydrogens is 311 g/mol. The Labute approximate surface area is 132 Å². The zero-order valence-electron chi connectivity index (χ0n) is 11.5. The molecule has 0 aliphatic heterocycles. The van der Waals surface area contributed by atoms with Gasteiger partial charge in [0.25, 0.3) is 5.91 Å². The minimum Gasteiger partial charge on any atom is -0.396 e. The first kappa shape index (κ1) is 15.4. The van der Waals surface area contributed by atoms with E-state index in [9.17, 15) is 4.79 Å². The van der Waals surface area contributed by atoms with E-state index in [4.69, 9.17) is 28.9 Å². The summed E-state index contributed by atoms with van der Waals surface area (Å²) in [6.45, 7) is 0. The van der Waals surface area contributed by atoms with Gasteiger partial charge in [-0.25, -0.2) is 0 Å². The third kappa shape index (κ3) is 3.37. The summed E-state index contributed by atoms with van der Waals surface area (Å²) in [6, 6.07) is 4.76. The van der Waals surface area contributed by atoms with Crippen molar-refractivity contribution in [2.45, 2.75) is 0 Å². The fourth-order valence-corrected chi connectivity index (χ4v) is 2.27. The minimum absolute atomic E-state index is 0.242. The summed E-state index contributed by atoms with van der Waals surface area (Å²) in [4.78, 5) is 18.2. The summed E-state index contributed by atoms with van der Waals surface area (Å²) in [7, 11) is 3.75. The number of amides is 1. The van der Waals surface area contributed by atoms with Gasteiger partial charge in [-0.3, -0.25) is 9.78 Å². The number of halogens is 2. The summed E-state index contributed by atoms with van der Waals surface area (Å²) >= 11 is 11.9. The summed E-state index contributed by atoms with van der Waals surface area (Å²) in [5.74, 6) is -0.338. The summed E-state index contributed by atoms with van der Waals surface area (Å²) in [6.07, 6.45) is 3.23. The predicted molar refractivity (Wildman–Crippen MR) is 87.4 cm³/mol. The first-order chi connectivity index (χ1) is 9.90. The lowest BCUT2D eigenvalue weighted by Crippen LogP contribution is -2.17. The summed E-state index contributed by atoms with van der Waals surface area (Å²) in [5.41, 5.74) is 7.67. The van der Waals surface area contributed by atoms with Crippen LogP contribution < -0.4 is 16.0 Å². The number of pyridine rings is 1. The highest BCUT2D eigenvalue weighted by Gasteiger charge is 2.13. The van der Waals surface area contributed by atoms with Crippen LogP contribution in [0.2, 0.25) is 10.0 Å². The van der Waals surface area contributed by atoms with Crippen LogP contribution in [0.25, 0.3) is 0 Å². The number of nitrogen functional groups attached to an aromatic ring is 1. The Balaban J connectivity index is 2.31. The van der Waals surface area contributed by atoms with Crippen molar-refractivity contribution in [1.82, 2.24) is 4.98 Å². The van der Waals surface area contributed by atoms with E-state index in [2.05, 4.69) is 10.3 Å². The van der Waals surface area contributed by atoms with E-state index in [1.54, 1.807) is 18.5 Å². The number of nitrogens with one attached hydrogen (secondary N) is 1. The van der Waals surface area contributed by atoms with Crippen LogP contribution in [0, 0.1) is 0 Å². The maximum absolute atomic E-state index is 12.3. The van der Waals surface area contributed by atoms with Crippen molar-refractivity contribution in [2.75, 3.05) is 30.0 Å². The van der Waals surface area contributed by atoms with Gasteiger partial charge in [-0.15, -0.1) is 0 Å². The van der Waals surface area contributed by atoms with Crippen molar-refractivity contribution in [3.8, 4) is 0 Å². The minimum atomic E-state index is -0.338. The standard InChI is InChI=1S/C14H14Cl2N4O/c1-20(2)12-3-4-18-7-11(12)19-14(21)8-5-9(15)13(17)10(16)6-8/h3-7H,17H2,1-2H3,(H,19,21). The molecule has 0 fully saturated rings. The second-order valence-corrected chi connectivity index (χ2v) is 5.41. The molecule has 2 aromatic rings. The predicted octanol–water partition coefficient (Wildman–Crippen LogP) is 3.29. The maximum Gasteiger partial charge on any atom is 0.255 e. The van der Waals surface area contributed by atoms with E-state index >= 15 is 0 Å². The molecule has 0 unspecified atom stereocenters. The highest BCUT2D eigenvalue weighted by atomic mass is 35.5. The van der Waals surface area contributed by atoms with Crippen molar-refractivity contribution in [3.05, 3.63) is 46.2 Å². The van der Waals surface area contributed by atoms with Crippen molar-refractivity contribution < 1.29 is 4.79 Å². The van der Waals surface area contributed by atoms with Gasteiger partial charge in [0.2, 0.25) is 0 Å². The molecule has 0 saturated carbocycles. The van der Waals surface area contributed by atoms with E-state index in [1.807, 2.05) is 19.0 Å². The highest BCUT2D eigenvalue weighted by Crippen LogP contribution is 2.30. The van der Waals surface area contributed by atoms with Crippen LogP contribution in [0.15, 0.2) is 30.6 Å². The zero-order valence-corrected chi connectivity index (χ0v) is 13.0. The second-order valence-electron chi connectivity index (χ2n) is 4.59. The van der Waals surface area contributed by atoms with Crippen molar-refractivity contribution in [2.24, 2.45) is 0 Å². The highest BCUT2D eigenvalue weighted by molar-refractivity contribution is 6.39. The number of carbonyl (C=O) groups is 1. The molecule has 1 aromatic carbocycles. The van der Waals surface area contributed by atoms with Gasteiger partial charge in [-0.05, 0) is 18.2 Å². The monoisotopic (exact) mass is 324 g/mol. The number of anilines is 3. The molecule has 0 atom stereocenters. The number of benzene rings is 1. The van der Waals surface area contributed by atoms with Crippen molar-refractivity contribution in [3.63, 3.8) is 0 Å².